The molecule has 366 valence electrons. The van der Waals surface area contributed by atoms with Crippen LogP contribution in [0, 0.1) is 0 Å². The van der Waals surface area contributed by atoms with E-state index in [1.54, 1.807) is 313 Å². The summed E-state index contributed by atoms with van der Waals surface area (Å²) < 4.78 is 0. The highest BCUT2D eigenvalue weighted by molar-refractivity contribution is 6.82. The van der Waals surface area contributed by atoms with Gasteiger partial charge in [-0.1, -0.05) is 36.4 Å². The second-order valence-electron chi connectivity index (χ2n) is 29.1. The molecular weight excluding hydrogens is 1040 g/mol. The predicted octanol–water partition coefficient (Wildman–Crippen LogP) is 21.6. The van der Waals surface area contributed by atoms with Crippen LogP contribution in [-0.2, 0) is 6.54 Å². The highest BCUT2D eigenvalue weighted by atomic mass is 15.2. The molecule has 0 fully saturated rings. The standard InChI is InChI=1S/C82H18N4/c1-3-11-83-19(5-1)21-13-18(14-22(85-21)20-6-2-4-12-84-20)17-9-7-16(8-10-17)15-86-81-77-70-63-51-43-34-25-23-24-26-29(25)38-45(43)53-54-46(38)44-35(26)37-33-28(24)31-30-27(23)32-36(34)49(51)57-55-41(32)39(30)47-48-40(31)42(33)56-58-50(37)52(44)64-66(54)75(74(77)65(53)63)78-71(64)69(58)73-62(56)60(48)67-59(47)61(55)72(68(57)70)79(81)76(67)80(73)82(78)86/h1-14,81-82H,15H2. The molecule has 4 heteroatoms. The lowest BCUT2D eigenvalue weighted by Crippen LogP contribution is -2.37. The van der Waals surface area contributed by atoms with E-state index in [4.69, 9.17) is 15.0 Å². The van der Waals surface area contributed by atoms with Crippen molar-refractivity contribution in [2.75, 3.05) is 0 Å². The number of rotatable bonds is 5. The topological polar surface area (TPSA) is 41.9 Å². The molecule has 35 rings (SSSR count). The molecule has 0 spiro atoms. The summed E-state index contributed by atoms with van der Waals surface area (Å²) in [4.78, 5) is 17.9. The van der Waals surface area contributed by atoms with Crippen molar-refractivity contribution >= 4 is 291 Å². The van der Waals surface area contributed by atoms with Gasteiger partial charge in [-0.2, -0.15) is 0 Å². The highest BCUT2D eigenvalue weighted by Crippen LogP contribution is 2.81. The number of nitrogens with zero attached hydrogens (tertiary/aromatic N) is 4. The van der Waals surface area contributed by atoms with Crippen molar-refractivity contribution in [2.24, 2.45) is 0 Å². The minimum atomic E-state index is 0.0957. The summed E-state index contributed by atoms with van der Waals surface area (Å²) in [6, 6.07) is 26.6. The van der Waals surface area contributed by atoms with Crippen LogP contribution in [0.2, 0.25) is 0 Å². The Morgan fingerprint density at radius 2 is 0.477 bits per heavy atom. The number of benzene rings is 18. The smallest absolute Gasteiger partial charge is 0.0900 e. The third kappa shape index (κ3) is 2.29. The van der Waals surface area contributed by atoms with Gasteiger partial charge in [-0.05, 0) is 366 Å². The third-order valence-corrected chi connectivity index (χ3v) is 27.5. The largest absolute Gasteiger partial charge is 0.277 e. The SMILES string of the molecule is c1ccc(-c2cc(-c3ccc(CN4C5c6c7c8c9c%10c%11c(c%12c%13c5c5c%14c6c6c%15c7c7c9c9c%10c%10c%16c%11c%12c%11c%12c%13c5c5c%13c%14c6c6c%14c%15c7c7c9c9c%10c%10c%16c%11c%11c%12c5c5c%13c6c6c%14c7c9c7c%10c%11c5c67)C84)cc3)cc(-c3ccccn3)n2)nc1. The van der Waals surface area contributed by atoms with Gasteiger partial charge in [0.25, 0.3) is 0 Å². The average molecular weight is 1060 g/mol. The maximum absolute atomic E-state index is 5.18. The first kappa shape index (κ1) is 34.6. The molecule has 2 aliphatic carbocycles. The van der Waals surface area contributed by atoms with Crippen LogP contribution in [0.5, 0.6) is 0 Å². The second-order valence-corrected chi connectivity index (χ2v) is 29.1. The van der Waals surface area contributed by atoms with Crippen molar-refractivity contribution in [3.05, 3.63) is 113 Å². The van der Waals surface area contributed by atoms with E-state index in [0.29, 0.717) is 0 Å². The van der Waals surface area contributed by atoms with Crippen molar-refractivity contribution < 1.29 is 0 Å². The Labute approximate surface area is 473 Å². The normalized spacial score (nSPS) is 18.5. The minimum absolute atomic E-state index is 0.0957. The third-order valence-electron chi connectivity index (χ3n) is 27.5. The van der Waals surface area contributed by atoms with Crippen LogP contribution in [0.4, 0.5) is 0 Å². The van der Waals surface area contributed by atoms with E-state index in [-0.39, 0.29) is 12.1 Å². The second kappa shape index (κ2) is 8.88. The van der Waals surface area contributed by atoms with Gasteiger partial charge in [-0.15, -0.1) is 0 Å². The number of hydrogen-bond acceptors (Lipinski definition) is 4. The molecule has 3 aliphatic rings. The Hall–Kier alpha value is -10.9. The molecule has 32 aromatic rings. The molecule has 1 aliphatic heterocycles. The number of pyridine rings is 3. The fourth-order valence-corrected chi connectivity index (χ4v) is 26.3. The van der Waals surface area contributed by atoms with E-state index >= 15 is 0 Å². The number of hydrogen-bond donors (Lipinski definition) is 0. The lowest BCUT2D eigenvalue weighted by Gasteiger charge is -2.46. The van der Waals surface area contributed by atoms with Gasteiger partial charge < -0.3 is 0 Å². The summed E-state index contributed by atoms with van der Waals surface area (Å²) in [7, 11) is 0. The molecule has 3 aromatic heterocycles. The van der Waals surface area contributed by atoms with Gasteiger partial charge in [-0.25, -0.2) is 4.98 Å². The molecule has 0 bridgehead atoms. The van der Waals surface area contributed by atoms with Crippen molar-refractivity contribution in [1.82, 2.24) is 19.9 Å². The minimum Gasteiger partial charge on any atom is -0.277 e. The average Bonchev–Trinajstić information content (AvgIpc) is 1.40. The first-order valence-electron chi connectivity index (χ1n) is 31.3. The Morgan fingerprint density at radius 1 is 0.233 bits per heavy atom. The Balaban J connectivity index is 0.820. The van der Waals surface area contributed by atoms with E-state index in [1.807, 2.05) is 24.5 Å². The van der Waals surface area contributed by atoms with Gasteiger partial charge in [0.2, 0.25) is 0 Å². The summed E-state index contributed by atoms with van der Waals surface area (Å²) in [5.74, 6) is 0. The molecule has 0 amide bonds. The van der Waals surface area contributed by atoms with Crippen LogP contribution in [0.15, 0.2) is 85.2 Å². The van der Waals surface area contributed by atoms with Crippen LogP contribution < -0.4 is 0 Å². The molecule has 4 nitrogen and oxygen atoms in total. The van der Waals surface area contributed by atoms with Crippen LogP contribution in [0.25, 0.3) is 325 Å². The van der Waals surface area contributed by atoms with Gasteiger partial charge in [0.15, 0.2) is 0 Å². The Kier molecular flexibility index (Phi) is 3.58. The van der Waals surface area contributed by atoms with Crippen LogP contribution in [0.1, 0.15) is 39.9 Å². The van der Waals surface area contributed by atoms with Crippen molar-refractivity contribution in [2.45, 2.75) is 18.6 Å². The van der Waals surface area contributed by atoms with Gasteiger partial charge in [0.05, 0.1) is 34.9 Å². The predicted molar refractivity (Wildman–Crippen MR) is 358 cm³/mol. The lowest BCUT2D eigenvalue weighted by molar-refractivity contribution is 0.173. The van der Waals surface area contributed by atoms with E-state index in [0.717, 1.165) is 34.9 Å². The van der Waals surface area contributed by atoms with Crippen LogP contribution in [0.3, 0.4) is 0 Å². The molecule has 0 saturated carbocycles. The van der Waals surface area contributed by atoms with Crippen molar-refractivity contribution in [3.63, 3.8) is 0 Å². The Morgan fingerprint density at radius 3 is 0.756 bits per heavy atom. The zero-order valence-electron chi connectivity index (χ0n) is 44.2. The van der Waals surface area contributed by atoms with Gasteiger partial charge in [0, 0.05) is 18.9 Å². The van der Waals surface area contributed by atoms with E-state index in [2.05, 4.69) is 65.6 Å². The summed E-state index contributed by atoms with van der Waals surface area (Å²) in [6.45, 7) is 0.851. The lowest BCUT2D eigenvalue weighted by atomic mass is 9.73. The molecule has 0 N–H and O–H groups in total. The monoisotopic (exact) mass is 1060 g/mol. The first-order chi connectivity index (χ1) is 42.9. The Bertz CT molecular complexity index is 8160. The molecule has 86 heavy (non-hydrogen) atoms. The van der Waals surface area contributed by atoms with Crippen molar-refractivity contribution in [1.29, 1.82) is 0 Å². The van der Waals surface area contributed by atoms with Crippen LogP contribution in [-0.4, -0.2) is 19.9 Å². The number of fused-ring (bicyclic) bond motifs is 5. The maximum Gasteiger partial charge on any atom is 0.0900 e. The molecular formula is C82H18N4. The van der Waals surface area contributed by atoms with Crippen molar-refractivity contribution in [3.8, 4) is 33.9 Å². The summed E-state index contributed by atoms with van der Waals surface area (Å²) in [5, 5.41) is 88.6. The molecule has 29 aromatic carbocycles. The number of aromatic nitrogens is 3. The zero-order valence-corrected chi connectivity index (χ0v) is 44.2. The molecule has 2 unspecified atom stereocenters. The van der Waals surface area contributed by atoms with E-state index in [1.165, 1.54) is 11.1 Å². The molecule has 4 heterocycles. The molecule has 0 radical (unpaired) electrons. The molecule has 2 atom stereocenters. The quantitative estimate of drug-likeness (QED) is 0.161. The fraction of sp³-hybridized carbons (Fsp3) is 0.0366. The van der Waals surface area contributed by atoms with Crippen LogP contribution >= 0.6 is 0 Å². The summed E-state index contributed by atoms with van der Waals surface area (Å²) in [6.07, 6.45) is 3.73. The maximum atomic E-state index is 5.18. The van der Waals surface area contributed by atoms with Gasteiger partial charge in [0.1, 0.15) is 0 Å². The van der Waals surface area contributed by atoms with Gasteiger partial charge >= 0.3 is 0 Å². The van der Waals surface area contributed by atoms with E-state index < -0.39 is 0 Å². The first-order valence-corrected chi connectivity index (χ1v) is 31.3. The summed E-state index contributed by atoms with van der Waals surface area (Å²) in [5.41, 5.74) is 13.8. The highest BCUT2D eigenvalue weighted by Gasteiger charge is 2.56. The molecule has 0 saturated heterocycles. The fourth-order valence-electron chi connectivity index (χ4n) is 26.3. The van der Waals surface area contributed by atoms with Gasteiger partial charge in [-0.3, -0.25) is 14.9 Å². The summed E-state index contributed by atoms with van der Waals surface area (Å²) >= 11 is 0. The zero-order chi connectivity index (χ0) is 52.0. The van der Waals surface area contributed by atoms with E-state index in [9.17, 15) is 0 Å².